The summed E-state index contributed by atoms with van der Waals surface area (Å²) in [6, 6.07) is 5.07. The minimum Gasteiger partial charge on any atom is -0.465 e. The number of carbonyl (C=O) groups excluding carboxylic acids is 2. The summed E-state index contributed by atoms with van der Waals surface area (Å²) in [5, 5.41) is 14.2. The zero-order valence-electron chi connectivity index (χ0n) is 12.4. The third-order valence-corrected chi connectivity index (χ3v) is 3.83. The molecule has 0 aromatic heterocycles. The molecule has 0 bridgehead atoms. The van der Waals surface area contributed by atoms with Gasteiger partial charge in [0.25, 0.3) is 5.69 Å². The molecular weight excluding hydrogens is 288 g/mol. The van der Waals surface area contributed by atoms with E-state index >= 15 is 0 Å². The molecule has 118 valence electrons. The van der Waals surface area contributed by atoms with Gasteiger partial charge < -0.3 is 4.74 Å². The van der Waals surface area contributed by atoms with Crippen molar-refractivity contribution in [1.82, 2.24) is 5.32 Å². The maximum absolute atomic E-state index is 11.9. The SMILES string of the molecule is CCOC(=O)[C@H]1C[C@@H](C(C)=O)[C@@H](c2ccccc2[N+](=O)[O-])N1. The van der Waals surface area contributed by atoms with Crippen molar-refractivity contribution < 1.29 is 19.2 Å². The monoisotopic (exact) mass is 306 g/mol. The van der Waals surface area contributed by atoms with Crippen LogP contribution in [0.15, 0.2) is 24.3 Å². The van der Waals surface area contributed by atoms with Crippen LogP contribution >= 0.6 is 0 Å². The molecule has 2 rings (SSSR count). The minimum atomic E-state index is -0.626. The summed E-state index contributed by atoms with van der Waals surface area (Å²) in [6.45, 7) is 3.38. The molecule has 1 saturated heterocycles. The predicted octanol–water partition coefficient (Wildman–Crippen LogP) is 1.77. The molecule has 0 aliphatic carbocycles. The van der Waals surface area contributed by atoms with Crippen LogP contribution in [0, 0.1) is 16.0 Å². The first-order chi connectivity index (χ1) is 10.5. The number of esters is 1. The summed E-state index contributed by atoms with van der Waals surface area (Å²) in [5.74, 6) is -1.03. The molecule has 0 unspecified atom stereocenters. The lowest BCUT2D eigenvalue weighted by molar-refractivity contribution is -0.385. The van der Waals surface area contributed by atoms with Gasteiger partial charge in [0, 0.05) is 23.6 Å². The molecule has 0 radical (unpaired) electrons. The van der Waals surface area contributed by atoms with E-state index in [-0.39, 0.29) is 24.5 Å². The number of benzene rings is 1. The Morgan fingerprint density at radius 3 is 2.68 bits per heavy atom. The van der Waals surface area contributed by atoms with Crippen molar-refractivity contribution in [3.05, 3.63) is 39.9 Å². The van der Waals surface area contributed by atoms with Gasteiger partial charge in [-0.2, -0.15) is 0 Å². The van der Waals surface area contributed by atoms with E-state index in [1.54, 1.807) is 25.1 Å². The molecule has 7 nitrogen and oxygen atoms in total. The highest BCUT2D eigenvalue weighted by atomic mass is 16.6. The number of nitro benzene ring substituents is 1. The highest BCUT2D eigenvalue weighted by molar-refractivity contribution is 5.83. The second kappa shape index (κ2) is 6.65. The number of ketones is 1. The third-order valence-electron chi connectivity index (χ3n) is 3.83. The molecule has 0 amide bonds. The largest absolute Gasteiger partial charge is 0.465 e. The Balaban J connectivity index is 2.34. The van der Waals surface area contributed by atoms with Crippen LogP contribution in [0.1, 0.15) is 31.9 Å². The van der Waals surface area contributed by atoms with Crippen molar-refractivity contribution in [1.29, 1.82) is 0 Å². The zero-order chi connectivity index (χ0) is 16.3. The predicted molar refractivity (Wildman–Crippen MR) is 78.2 cm³/mol. The van der Waals surface area contributed by atoms with Gasteiger partial charge in [0.2, 0.25) is 0 Å². The van der Waals surface area contributed by atoms with Crippen molar-refractivity contribution in [3.63, 3.8) is 0 Å². The second-order valence-electron chi connectivity index (χ2n) is 5.22. The van der Waals surface area contributed by atoms with E-state index in [1.165, 1.54) is 13.0 Å². The van der Waals surface area contributed by atoms with Crippen molar-refractivity contribution in [2.75, 3.05) is 6.61 Å². The molecule has 1 aromatic rings. The number of rotatable bonds is 5. The number of nitrogens with one attached hydrogen (secondary N) is 1. The lowest BCUT2D eigenvalue weighted by Crippen LogP contribution is -2.34. The van der Waals surface area contributed by atoms with E-state index in [0.29, 0.717) is 5.56 Å². The normalized spacial score (nSPS) is 24.0. The first kappa shape index (κ1) is 16.1. The summed E-state index contributed by atoms with van der Waals surface area (Å²) >= 11 is 0. The average Bonchev–Trinajstić information content (AvgIpc) is 2.92. The van der Waals surface area contributed by atoms with Crippen LogP contribution in [0.3, 0.4) is 0 Å². The van der Waals surface area contributed by atoms with Crippen LogP contribution < -0.4 is 5.32 Å². The maximum atomic E-state index is 11.9. The summed E-state index contributed by atoms with van der Waals surface area (Å²) in [7, 11) is 0. The van der Waals surface area contributed by atoms with E-state index < -0.39 is 28.9 Å². The highest BCUT2D eigenvalue weighted by Crippen LogP contribution is 2.37. The Bertz CT molecular complexity index is 601. The number of carbonyl (C=O) groups is 2. The Hall–Kier alpha value is -2.28. The van der Waals surface area contributed by atoms with E-state index in [2.05, 4.69) is 5.32 Å². The maximum Gasteiger partial charge on any atom is 0.323 e. The third kappa shape index (κ3) is 3.14. The molecular formula is C15H18N2O5. The van der Waals surface area contributed by atoms with Gasteiger partial charge in [-0.25, -0.2) is 0 Å². The van der Waals surface area contributed by atoms with Gasteiger partial charge in [-0.15, -0.1) is 0 Å². The van der Waals surface area contributed by atoms with Crippen LogP contribution in [0.25, 0.3) is 0 Å². The number of hydrogen-bond donors (Lipinski definition) is 1. The van der Waals surface area contributed by atoms with Crippen molar-refractivity contribution in [2.45, 2.75) is 32.4 Å². The summed E-state index contributed by atoms with van der Waals surface area (Å²) < 4.78 is 4.97. The lowest BCUT2D eigenvalue weighted by Gasteiger charge is -2.17. The number of ether oxygens (including phenoxy) is 1. The molecule has 1 N–H and O–H groups in total. The number of hydrogen-bond acceptors (Lipinski definition) is 6. The highest BCUT2D eigenvalue weighted by Gasteiger charge is 2.43. The van der Waals surface area contributed by atoms with Gasteiger partial charge in [0.15, 0.2) is 0 Å². The van der Waals surface area contributed by atoms with Gasteiger partial charge >= 0.3 is 5.97 Å². The fraction of sp³-hybridized carbons (Fsp3) is 0.467. The molecule has 1 aliphatic rings. The van der Waals surface area contributed by atoms with E-state index in [1.807, 2.05) is 0 Å². The van der Waals surface area contributed by atoms with Gasteiger partial charge in [0.1, 0.15) is 11.8 Å². The quantitative estimate of drug-likeness (QED) is 0.505. The van der Waals surface area contributed by atoms with Crippen LogP contribution in [-0.4, -0.2) is 29.3 Å². The summed E-state index contributed by atoms with van der Waals surface area (Å²) in [5.41, 5.74) is 0.357. The van der Waals surface area contributed by atoms with Crippen molar-refractivity contribution in [2.24, 2.45) is 5.92 Å². The van der Waals surface area contributed by atoms with Crippen LogP contribution in [0.4, 0.5) is 5.69 Å². The number of nitro groups is 1. The van der Waals surface area contributed by atoms with E-state index in [4.69, 9.17) is 4.74 Å². The summed E-state index contributed by atoms with van der Waals surface area (Å²) in [4.78, 5) is 34.4. The Morgan fingerprint density at radius 2 is 2.09 bits per heavy atom. The first-order valence-corrected chi connectivity index (χ1v) is 7.12. The topological polar surface area (TPSA) is 98.5 Å². The molecule has 1 heterocycles. The molecule has 3 atom stereocenters. The van der Waals surface area contributed by atoms with E-state index in [0.717, 1.165) is 0 Å². The number of nitrogens with zero attached hydrogens (tertiary/aromatic N) is 1. The standard InChI is InChI=1S/C15H18N2O5/c1-3-22-15(19)12-8-11(9(2)18)14(16-12)10-6-4-5-7-13(10)17(20)21/h4-7,11-12,14,16H,3,8H2,1-2H3/t11-,12+,14+/m0/s1. The fourth-order valence-electron chi connectivity index (χ4n) is 2.82. The van der Waals surface area contributed by atoms with Crippen LogP contribution in [0.2, 0.25) is 0 Å². The summed E-state index contributed by atoms with van der Waals surface area (Å²) in [6.07, 6.45) is 0.283. The Kier molecular flexibility index (Phi) is 4.87. The lowest BCUT2D eigenvalue weighted by atomic mass is 9.89. The molecule has 0 saturated carbocycles. The molecule has 1 aromatic carbocycles. The minimum absolute atomic E-state index is 0.0595. The van der Waals surface area contributed by atoms with E-state index in [9.17, 15) is 19.7 Å². The Labute approximate surface area is 127 Å². The van der Waals surface area contributed by atoms with Crippen molar-refractivity contribution >= 4 is 17.4 Å². The molecule has 1 fully saturated rings. The smallest absolute Gasteiger partial charge is 0.323 e. The van der Waals surface area contributed by atoms with Gasteiger partial charge in [0.05, 0.1) is 11.5 Å². The first-order valence-electron chi connectivity index (χ1n) is 7.12. The average molecular weight is 306 g/mol. The number of Topliss-reactive ketones (excluding diaryl/α,β-unsaturated/α-hetero) is 1. The van der Waals surface area contributed by atoms with Gasteiger partial charge in [-0.3, -0.25) is 25.0 Å². The Morgan fingerprint density at radius 1 is 1.41 bits per heavy atom. The van der Waals surface area contributed by atoms with Gasteiger partial charge in [-0.1, -0.05) is 18.2 Å². The molecule has 1 aliphatic heterocycles. The van der Waals surface area contributed by atoms with Crippen LogP contribution in [-0.2, 0) is 14.3 Å². The molecule has 7 heteroatoms. The molecule has 0 spiro atoms. The second-order valence-corrected chi connectivity index (χ2v) is 5.22. The fourth-order valence-corrected chi connectivity index (χ4v) is 2.82. The molecule has 22 heavy (non-hydrogen) atoms. The van der Waals surface area contributed by atoms with Crippen molar-refractivity contribution in [3.8, 4) is 0 Å². The van der Waals surface area contributed by atoms with Crippen LogP contribution in [0.5, 0.6) is 0 Å². The zero-order valence-corrected chi connectivity index (χ0v) is 12.4. The number of para-hydroxylation sites is 1. The van der Waals surface area contributed by atoms with Gasteiger partial charge in [-0.05, 0) is 20.3 Å².